The topological polar surface area (TPSA) is 110 Å². The van der Waals surface area contributed by atoms with Crippen LogP contribution in [0.15, 0.2) is 52.2 Å². The van der Waals surface area contributed by atoms with Crippen molar-refractivity contribution in [3.63, 3.8) is 0 Å². The summed E-state index contributed by atoms with van der Waals surface area (Å²) in [5.74, 6) is -3.13. The van der Waals surface area contributed by atoms with E-state index in [9.17, 15) is 26.8 Å². The Morgan fingerprint density at radius 1 is 1.10 bits per heavy atom. The maximum atomic E-state index is 13.8. The molecular formula is C18H16F2N4O4S. The summed E-state index contributed by atoms with van der Waals surface area (Å²) >= 11 is 0. The summed E-state index contributed by atoms with van der Waals surface area (Å²) in [4.78, 5) is 25.8. The number of halogens is 2. The fraction of sp³-hybridized carbons (Fsp3) is 0.167. The fourth-order valence-electron chi connectivity index (χ4n) is 2.64. The van der Waals surface area contributed by atoms with Gasteiger partial charge in [-0.15, -0.1) is 4.83 Å². The summed E-state index contributed by atoms with van der Waals surface area (Å²) in [6.45, 7) is 3.39. The number of carbonyl (C=O) groups excluding carboxylic acids is 1. The number of carbonyl (C=O) groups is 1. The summed E-state index contributed by atoms with van der Waals surface area (Å²) in [7, 11) is -4.60. The molecule has 1 heterocycles. The summed E-state index contributed by atoms with van der Waals surface area (Å²) in [6, 6.07) is 7.74. The lowest BCUT2D eigenvalue weighted by molar-refractivity contribution is 0.0939. The van der Waals surface area contributed by atoms with Crippen LogP contribution < -0.4 is 15.8 Å². The van der Waals surface area contributed by atoms with E-state index in [2.05, 4.69) is 5.10 Å². The van der Waals surface area contributed by atoms with Gasteiger partial charge in [-0.05, 0) is 38.1 Å². The molecule has 1 aromatic heterocycles. The maximum absolute atomic E-state index is 13.8. The third-order valence-electron chi connectivity index (χ3n) is 4.01. The zero-order chi connectivity index (χ0) is 21.3. The van der Waals surface area contributed by atoms with E-state index in [0.717, 1.165) is 10.7 Å². The molecule has 8 nitrogen and oxygen atoms in total. The van der Waals surface area contributed by atoms with Gasteiger partial charge in [-0.1, -0.05) is 18.2 Å². The number of rotatable bonds is 5. The standard InChI is InChI=1S/C18H16F2N4O4S/c1-10(2)24-18(26)13-6-4-3-5-12(13)16(22-24)17(25)21-23-29(27,28)15-9-11(19)7-8-14(15)20/h3-10,23H,1-2H3,(H,21,25). The Morgan fingerprint density at radius 2 is 1.76 bits per heavy atom. The lowest BCUT2D eigenvalue weighted by Crippen LogP contribution is -2.43. The molecule has 11 heteroatoms. The van der Waals surface area contributed by atoms with Crippen molar-refractivity contribution in [3.8, 4) is 0 Å². The van der Waals surface area contributed by atoms with Gasteiger partial charge in [0.25, 0.3) is 21.5 Å². The second-order valence-corrected chi connectivity index (χ2v) is 8.02. The van der Waals surface area contributed by atoms with Crippen LogP contribution in [0.4, 0.5) is 8.78 Å². The molecule has 0 saturated heterocycles. The van der Waals surface area contributed by atoms with Gasteiger partial charge in [0.1, 0.15) is 16.5 Å². The number of fused-ring (bicyclic) bond motifs is 1. The van der Waals surface area contributed by atoms with E-state index in [-0.39, 0.29) is 22.5 Å². The highest BCUT2D eigenvalue weighted by Crippen LogP contribution is 2.16. The largest absolute Gasteiger partial charge is 0.287 e. The second kappa shape index (κ2) is 7.68. The molecule has 0 bridgehead atoms. The van der Waals surface area contributed by atoms with Crippen LogP contribution >= 0.6 is 0 Å². The van der Waals surface area contributed by atoms with Gasteiger partial charge in [-0.3, -0.25) is 15.0 Å². The molecule has 0 fully saturated rings. The van der Waals surface area contributed by atoms with Crippen molar-refractivity contribution in [1.29, 1.82) is 0 Å². The SMILES string of the molecule is CC(C)n1nc(C(=O)NNS(=O)(=O)c2cc(F)ccc2F)c2ccccc2c1=O. The molecule has 3 rings (SSSR count). The summed E-state index contributed by atoms with van der Waals surface area (Å²) in [5.41, 5.74) is 1.30. The predicted molar refractivity (Wildman–Crippen MR) is 101 cm³/mol. The normalized spacial score (nSPS) is 11.8. The number of benzene rings is 2. The zero-order valence-electron chi connectivity index (χ0n) is 15.3. The van der Waals surface area contributed by atoms with E-state index < -0.39 is 38.0 Å². The summed E-state index contributed by atoms with van der Waals surface area (Å²) < 4.78 is 52.6. The minimum absolute atomic E-state index is 0.211. The molecule has 0 aliphatic carbocycles. The predicted octanol–water partition coefficient (Wildman–Crippen LogP) is 1.88. The molecule has 0 aliphatic heterocycles. The van der Waals surface area contributed by atoms with Crippen molar-refractivity contribution in [2.24, 2.45) is 0 Å². The van der Waals surface area contributed by atoms with Gasteiger partial charge >= 0.3 is 0 Å². The average molecular weight is 422 g/mol. The first-order chi connectivity index (χ1) is 13.6. The number of sulfonamides is 1. The second-order valence-electron chi connectivity index (χ2n) is 6.37. The van der Waals surface area contributed by atoms with Crippen LogP contribution in [0.1, 0.15) is 30.4 Å². The van der Waals surface area contributed by atoms with Gasteiger partial charge < -0.3 is 0 Å². The molecule has 152 valence electrons. The monoisotopic (exact) mass is 422 g/mol. The smallest absolute Gasteiger partial charge is 0.272 e. The van der Waals surface area contributed by atoms with Crippen LogP contribution in [0.5, 0.6) is 0 Å². The van der Waals surface area contributed by atoms with Crippen molar-refractivity contribution in [1.82, 2.24) is 20.0 Å². The Morgan fingerprint density at radius 3 is 2.41 bits per heavy atom. The van der Waals surface area contributed by atoms with Gasteiger partial charge in [0.15, 0.2) is 5.69 Å². The van der Waals surface area contributed by atoms with Gasteiger partial charge in [-0.2, -0.15) is 5.10 Å². The van der Waals surface area contributed by atoms with Crippen molar-refractivity contribution in [3.05, 3.63) is 70.1 Å². The van der Waals surface area contributed by atoms with E-state index in [1.165, 1.54) is 12.1 Å². The molecule has 2 aromatic carbocycles. The quantitative estimate of drug-likeness (QED) is 0.610. The van der Waals surface area contributed by atoms with Crippen LogP contribution in [0.3, 0.4) is 0 Å². The molecule has 2 N–H and O–H groups in total. The molecule has 1 amide bonds. The average Bonchev–Trinajstić information content (AvgIpc) is 2.68. The van der Waals surface area contributed by atoms with Gasteiger partial charge in [0.05, 0.1) is 11.4 Å². The van der Waals surface area contributed by atoms with E-state index >= 15 is 0 Å². The number of aromatic nitrogens is 2. The van der Waals surface area contributed by atoms with E-state index in [1.807, 2.05) is 5.43 Å². The fourth-order valence-corrected chi connectivity index (χ4v) is 3.56. The lowest BCUT2D eigenvalue weighted by Gasteiger charge is -2.14. The van der Waals surface area contributed by atoms with E-state index in [0.29, 0.717) is 12.1 Å². The molecule has 0 saturated carbocycles. The summed E-state index contributed by atoms with van der Waals surface area (Å²) in [5, 5.41) is 4.46. The van der Waals surface area contributed by atoms with Crippen molar-refractivity contribution in [2.45, 2.75) is 24.8 Å². The van der Waals surface area contributed by atoms with Crippen LogP contribution in [-0.2, 0) is 10.0 Å². The molecule has 3 aromatic rings. The molecule has 0 aliphatic rings. The van der Waals surface area contributed by atoms with Crippen molar-refractivity contribution < 1.29 is 22.0 Å². The highest BCUT2D eigenvalue weighted by atomic mass is 32.2. The highest BCUT2D eigenvalue weighted by Gasteiger charge is 2.23. The molecule has 0 atom stereocenters. The van der Waals surface area contributed by atoms with Crippen LogP contribution in [0.2, 0.25) is 0 Å². The zero-order valence-corrected chi connectivity index (χ0v) is 16.1. The Bertz CT molecular complexity index is 1270. The number of nitrogens with zero attached hydrogens (tertiary/aromatic N) is 2. The number of hydrogen-bond donors (Lipinski definition) is 2. The van der Waals surface area contributed by atoms with Crippen LogP contribution in [0.25, 0.3) is 10.8 Å². The number of nitrogens with one attached hydrogen (secondary N) is 2. The van der Waals surface area contributed by atoms with Gasteiger partial charge in [-0.25, -0.2) is 21.9 Å². The first-order valence-electron chi connectivity index (χ1n) is 8.40. The Balaban J connectivity index is 1.97. The van der Waals surface area contributed by atoms with E-state index in [4.69, 9.17) is 0 Å². The molecule has 0 spiro atoms. The number of amides is 1. The first kappa shape index (κ1) is 20.6. The summed E-state index contributed by atoms with van der Waals surface area (Å²) in [6.07, 6.45) is 0. The Labute approximate surface area is 164 Å². The van der Waals surface area contributed by atoms with E-state index in [1.54, 1.807) is 30.8 Å². The molecule has 0 radical (unpaired) electrons. The highest BCUT2D eigenvalue weighted by molar-refractivity contribution is 7.89. The van der Waals surface area contributed by atoms with Crippen LogP contribution in [0, 0.1) is 11.6 Å². The minimum Gasteiger partial charge on any atom is -0.272 e. The maximum Gasteiger partial charge on any atom is 0.287 e. The lowest BCUT2D eigenvalue weighted by atomic mass is 10.1. The molecular weight excluding hydrogens is 406 g/mol. The van der Waals surface area contributed by atoms with Crippen molar-refractivity contribution in [2.75, 3.05) is 0 Å². The van der Waals surface area contributed by atoms with Crippen LogP contribution in [-0.4, -0.2) is 24.1 Å². The first-order valence-corrected chi connectivity index (χ1v) is 9.89. The van der Waals surface area contributed by atoms with Gasteiger partial charge in [0.2, 0.25) is 0 Å². The third-order valence-corrected chi connectivity index (χ3v) is 5.28. The Hall–Kier alpha value is -3.18. The third kappa shape index (κ3) is 4.00. The minimum atomic E-state index is -4.60. The van der Waals surface area contributed by atoms with Crippen molar-refractivity contribution >= 4 is 26.7 Å². The molecule has 0 unspecified atom stereocenters. The number of hydrogen-bond acceptors (Lipinski definition) is 5. The molecule has 29 heavy (non-hydrogen) atoms. The van der Waals surface area contributed by atoms with Gasteiger partial charge in [0, 0.05) is 5.39 Å². The Kier molecular flexibility index (Phi) is 5.44. The number of hydrazine groups is 1.